The van der Waals surface area contributed by atoms with E-state index in [0.717, 1.165) is 5.56 Å². The van der Waals surface area contributed by atoms with Gasteiger partial charge in [0.1, 0.15) is 5.65 Å². The minimum Gasteiger partial charge on any atom is -0.461 e. The number of carbonyl (C=O) groups is 1. The molecule has 0 saturated carbocycles. The number of nitrogens with two attached hydrogens (primary N) is 1. The summed E-state index contributed by atoms with van der Waals surface area (Å²) in [7, 11) is 0. The van der Waals surface area contributed by atoms with Gasteiger partial charge in [-0.15, -0.1) is 0 Å². The number of rotatable bonds is 4. The highest BCUT2D eigenvalue weighted by Crippen LogP contribution is 2.14. The molecule has 0 radical (unpaired) electrons. The maximum atomic E-state index is 11.6. The highest BCUT2D eigenvalue weighted by molar-refractivity contribution is 6.08. The number of hydrogen-bond acceptors (Lipinski definition) is 5. The number of carbonyl (C=O) groups excluding carboxylic acids is 1. The lowest BCUT2D eigenvalue weighted by Crippen LogP contribution is -2.04. The first kappa shape index (κ1) is 12.8. The van der Waals surface area contributed by atoms with Crippen LogP contribution in [-0.2, 0) is 4.74 Å². The molecule has 19 heavy (non-hydrogen) atoms. The predicted octanol–water partition coefficient (Wildman–Crippen LogP) is 1.46. The zero-order valence-corrected chi connectivity index (χ0v) is 10.5. The average Bonchev–Trinajstić information content (AvgIpc) is 2.83. The Balaban J connectivity index is 2.44. The lowest BCUT2D eigenvalue weighted by Gasteiger charge is -2.01. The second-order valence-electron chi connectivity index (χ2n) is 3.80. The molecule has 0 saturated heterocycles. The average molecular weight is 258 g/mol. The summed E-state index contributed by atoms with van der Waals surface area (Å²) in [6, 6.07) is 3.55. The zero-order chi connectivity index (χ0) is 13.8. The number of allylic oxidation sites excluding steroid dienone is 1. The first-order chi connectivity index (χ1) is 9.19. The lowest BCUT2D eigenvalue weighted by atomic mass is 10.1. The van der Waals surface area contributed by atoms with Gasteiger partial charge >= 0.3 is 5.97 Å². The third-order valence-electron chi connectivity index (χ3n) is 2.60. The van der Waals surface area contributed by atoms with Crippen molar-refractivity contribution in [3.8, 4) is 0 Å². The Hall–Kier alpha value is -2.63. The smallest absolute Gasteiger partial charge is 0.358 e. The van der Waals surface area contributed by atoms with Crippen LogP contribution in [0.1, 0.15) is 23.0 Å². The molecule has 3 N–H and O–H groups in total. The first-order valence-electron chi connectivity index (χ1n) is 5.78. The number of fused-ring (bicyclic) bond motifs is 1. The van der Waals surface area contributed by atoms with E-state index in [0.29, 0.717) is 17.8 Å². The second kappa shape index (κ2) is 5.34. The maximum absolute atomic E-state index is 11.6. The Morgan fingerprint density at radius 2 is 2.32 bits per heavy atom. The topological polar surface area (TPSA) is 93.5 Å². The summed E-state index contributed by atoms with van der Waals surface area (Å²) in [4.78, 5) is 15.7. The van der Waals surface area contributed by atoms with Gasteiger partial charge in [0.2, 0.25) is 0 Å². The molecule has 0 atom stereocenters. The minimum absolute atomic E-state index is 0.257. The molecule has 6 heteroatoms. The third kappa shape index (κ3) is 2.47. The summed E-state index contributed by atoms with van der Waals surface area (Å²) in [5.74, 6) is -0.450. The standard InChI is InChI=1S/C13H14N4O2/c1-2-19-13(18)11-8-17-7-9(10(5-14)6-15)3-4-12(17)16-11/h3-8,14H,2,15H2,1H3/b10-6+,14-5?. The van der Waals surface area contributed by atoms with Gasteiger partial charge in [-0.2, -0.15) is 0 Å². The number of nitrogens with one attached hydrogen (secondary N) is 1. The summed E-state index contributed by atoms with van der Waals surface area (Å²) in [5, 5.41) is 7.26. The summed E-state index contributed by atoms with van der Waals surface area (Å²) >= 11 is 0. The molecular formula is C13H14N4O2. The molecule has 0 aliphatic heterocycles. The molecule has 0 spiro atoms. The van der Waals surface area contributed by atoms with Crippen molar-refractivity contribution in [2.45, 2.75) is 6.92 Å². The van der Waals surface area contributed by atoms with Gasteiger partial charge in [0.15, 0.2) is 5.69 Å². The number of nitrogens with zero attached hydrogens (tertiary/aromatic N) is 2. The fourth-order valence-electron chi connectivity index (χ4n) is 1.69. The van der Waals surface area contributed by atoms with Crippen molar-refractivity contribution in [2.24, 2.45) is 5.73 Å². The molecule has 0 aromatic carbocycles. The number of pyridine rings is 1. The van der Waals surface area contributed by atoms with E-state index in [1.54, 1.807) is 35.9 Å². The number of aromatic nitrogens is 2. The molecule has 0 aliphatic rings. The van der Waals surface area contributed by atoms with Gasteiger partial charge in [0, 0.05) is 35.9 Å². The minimum atomic E-state index is -0.450. The van der Waals surface area contributed by atoms with Crippen LogP contribution in [0.4, 0.5) is 0 Å². The van der Waals surface area contributed by atoms with Gasteiger partial charge in [-0.3, -0.25) is 0 Å². The van der Waals surface area contributed by atoms with Crippen molar-refractivity contribution in [3.05, 3.63) is 42.0 Å². The van der Waals surface area contributed by atoms with E-state index in [1.165, 1.54) is 12.4 Å². The molecule has 6 nitrogen and oxygen atoms in total. The largest absolute Gasteiger partial charge is 0.461 e. The van der Waals surface area contributed by atoms with E-state index >= 15 is 0 Å². The van der Waals surface area contributed by atoms with Crippen molar-refractivity contribution in [3.63, 3.8) is 0 Å². The number of ether oxygens (including phenoxy) is 1. The Morgan fingerprint density at radius 3 is 2.95 bits per heavy atom. The van der Waals surface area contributed by atoms with Crippen molar-refractivity contribution >= 4 is 23.4 Å². The van der Waals surface area contributed by atoms with Crippen LogP contribution in [0.5, 0.6) is 0 Å². The molecule has 2 aromatic heterocycles. The molecule has 98 valence electrons. The number of esters is 1. The fourth-order valence-corrected chi connectivity index (χ4v) is 1.69. The number of imidazole rings is 1. The van der Waals surface area contributed by atoms with E-state index in [1.807, 2.05) is 0 Å². The van der Waals surface area contributed by atoms with Crippen LogP contribution in [0.3, 0.4) is 0 Å². The monoisotopic (exact) mass is 258 g/mol. The second-order valence-corrected chi connectivity index (χ2v) is 3.80. The predicted molar refractivity (Wildman–Crippen MR) is 72.1 cm³/mol. The van der Waals surface area contributed by atoms with Crippen LogP contribution in [0.25, 0.3) is 11.2 Å². The summed E-state index contributed by atoms with van der Waals surface area (Å²) in [6.45, 7) is 2.06. The van der Waals surface area contributed by atoms with Crippen molar-refractivity contribution in [1.82, 2.24) is 9.38 Å². The highest BCUT2D eigenvalue weighted by Gasteiger charge is 2.11. The van der Waals surface area contributed by atoms with Gasteiger partial charge in [0.25, 0.3) is 0 Å². The number of hydrogen-bond donors (Lipinski definition) is 2. The van der Waals surface area contributed by atoms with Gasteiger partial charge in [-0.05, 0) is 19.1 Å². The van der Waals surface area contributed by atoms with E-state index in [4.69, 9.17) is 15.9 Å². The Kier molecular flexibility index (Phi) is 3.61. The molecule has 2 aromatic rings. The molecule has 2 rings (SSSR count). The summed E-state index contributed by atoms with van der Waals surface area (Å²) in [5.41, 5.74) is 7.70. The lowest BCUT2D eigenvalue weighted by molar-refractivity contribution is 0.0520. The van der Waals surface area contributed by atoms with Crippen LogP contribution in [0.15, 0.2) is 30.7 Å². The normalized spacial score (nSPS) is 11.5. The van der Waals surface area contributed by atoms with Crippen LogP contribution in [0, 0.1) is 5.41 Å². The van der Waals surface area contributed by atoms with E-state index < -0.39 is 5.97 Å². The van der Waals surface area contributed by atoms with Crippen molar-refractivity contribution in [1.29, 1.82) is 5.41 Å². The van der Waals surface area contributed by atoms with Crippen LogP contribution in [0.2, 0.25) is 0 Å². The Morgan fingerprint density at radius 1 is 1.53 bits per heavy atom. The molecule has 0 amide bonds. The SMILES string of the molecule is CCOC(=O)c1cn2cc(/C(C=N)=C/N)ccc2n1. The quantitative estimate of drug-likeness (QED) is 0.641. The molecule has 2 heterocycles. The molecule has 0 unspecified atom stereocenters. The summed E-state index contributed by atoms with van der Waals surface area (Å²) < 4.78 is 6.60. The zero-order valence-electron chi connectivity index (χ0n) is 10.5. The van der Waals surface area contributed by atoms with E-state index in [2.05, 4.69) is 4.98 Å². The third-order valence-corrected chi connectivity index (χ3v) is 2.60. The van der Waals surface area contributed by atoms with Gasteiger partial charge < -0.3 is 20.3 Å². The highest BCUT2D eigenvalue weighted by atomic mass is 16.5. The van der Waals surface area contributed by atoms with Crippen LogP contribution in [-0.4, -0.2) is 28.2 Å². The maximum Gasteiger partial charge on any atom is 0.358 e. The van der Waals surface area contributed by atoms with Gasteiger partial charge in [-0.1, -0.05) is 0 Å². The Labute approximate surface area is 110 Å². The van der Waals surface area contributed by atoms with E-state index in [-0.39, 0.29) is 5.69 Å². The fraction of sp³-hybridized carbons (Fsp3) is 0.154. The Bertz CT molecular complexity index is 658. The molecule has 0 bridgehead atoms. The molecular weight excluding hydrogens is 244 g/mol. The van der Waals surface area contributed by atoms with Crippen molar-refractivity contribution < 1.29 is 9.53 Å². The van der Waals surface area contributed by atoms with Gasteiger partial charge in [0.05, 0.1) is 6.61 Å². The molecule has 0 aliphatic carbocycles. The van der Waals surface area contributed by atoms with Crippen molar-refractivity contribution in [2.75, 3.05) is 6.61 Å². The van der Waals surface area contributed by atoms with E-state index in [9.17, 15) is 4.79 Å². The van der Waals surface area contributed by atoms with Crippen LogP contribution >= 0.6 is 0 Å². The molecule has 0 fully saturated rings. The van der Waals surface area contributed by atoms with Crippen LogP contribution < -0.4 is 5.73 Å². The van der Waals surface area contributed by atoms with Gasteiger partial charge in [-0.25, -0.2) is 9.78 Å². The first-order valence-corrected chi connectivity index (χ1v) is 5.78. The summed E-state index contributed by atoms with van der Waals surface area (Å²) in [6.07, 6.45) is 5.88.